The number of carboxylic acids is 1. The Morgan fingerprint density at radius 3 is 2.62 bits per heavy atom. The number of carbonyl (C=O) groups is 1. The van der Waals surface area contributed by atoms with Crippen molar-refractivity contribution < 1.29 is 14.5 Å². The van der Waals surface area contributed by atoms with E-state index < -0.39 is 5.97 Å². The number of nitrogens with zero attached hydrogens (tertiary/aromatic N) is 2. The molecule has 0 aliphatic rings. The fourth-order valence-corrected chi connectivity index (χ4v) is 1.58. The standard InChI is InChI=1S/C9H14N2O2/c1-4-11-7(2)5-10(8(11)3)6-9(12)13/h5H,4,6H2,1-3H3. The van der Waals surface area contributed by atoms with Crippen molar-refractivity contribution in [3.8, 4) is 0 Å². The summed E-state index contributed by atoms with van der Waals surface area (Å²) >= 11 is 0. The van der Waals surface area contributed by atoms with Crippen molar-refractivity contribution in [2.75, 3.05) is 0 Å². The van der Waals surface area contributed by atoms with Gasteiger partial charge in [0.2, 0.25) is 0 Å². The van der Waals surface area contributed by atoms with Gasteiger partial charge in [0.25, 0.3) is 5.82 Å². The SMILES string of the molecule is CCn1c(C)c[n+](CC(=O)[O-])c1C. The number of hydrogen-bond donors (Lipinski definition) is 0. The molecule has 1 heterocycles. The summed E-state index contributed by atoms with van der Waals surface area (Å²) in [5.41, 5.74) is 1.07. The van der Waals surface area contributed by atoms with Crippen LogP contribution in [0.1, 0.15) is 18.4 Å². The normalized spacial score (nSPS) is 10.4. The molecule has 0 amide bonds. The maximum absolute atomic E-state index is 10.4. The van der Waals surface area contributed by atoms with E-state index in [0.29, 0.717) is 0 Å². The van der Waals surface area contributed by atoms with E-state index in [1.807, 2.05) is 27.0 Å². The van der Waals surface area contributed by atoms with Crippen LogP contribution in [0.2, 0.25) is 0 Å². The van der Waals surface area contributed by atoms with Gasteiger partial charge in [0.15, 0.2) is 0 Å². The van der Waals surface area contributed by atoms with Gasteiger partial charge >= 0.3 is 0 Å². The molecule has 0 fully saturated rings. The molecule has 0 saturated heterocycles. The van der Waals surface area contributed by atoms with Gasteiger partial charge in [-0.1, -0.05) is 0 Å². The summed E-state index contributed by atoms with van der Waals surface area (Å²) in [4.78, 5) is 10.4. The Morgan fingerprint density at radius 2 is 2.23 bits per heavy atom. The lowest BCUT2D eigenvalue weighted by Crippen LogP contribution is -2.44. The molecule has 0 spiro atoms. The highest BCUT2D eigenvalue weighted by molar-refractivity contribution is 5.62. The second kappa shape index (κ2) is 3.60. The maximum atomic E-state index is 10.4. The van der Waals surface area contributed by atoms with Gasteiger partial charge in [-0.25, -0.2) is 9.13 Å². The molecule has 4 heteroatoms. The summed E-state index contributed by atoms with van der Waals surface area (Å²) in [5, 5.41) is 10.4. The molecule has 0 N–H and O–H groups in total. The molecule has 13 heavy (non-hydrogen) atoms. The minimum absolute atomic E-state index is 0.0698. The number of carboxylic acid groups (broad SMARTS) is 1. The van der Waals surface area contributed by atoms with Crippen LogP contribution in [0, 0.1) is 13.8 Å². The molecule has 4 nitrogen and oxygen atoms in total. The number of rotatable bonds is 3. The molecule has 72 valence electrons. The first-order chi connectivity index (χ1) is 6.06. The maximum Gasteiger partial charge on any atom is 0.253 e. The van der Waals surface area contributed by atoms with Gasteiger partial charge in [0.1, 0.15) is 18.4 Å². The predicted molar refractivity (Wildman–Crippen MR) is 44.8 cm³/mol. The van der Waals surface area contributed by atoms with E-state index >= 15 is 0 Å². The molecule has 0 saturated carbocycles. The third-order valence-corrected chi connectivity index (χ3v) is 2.19. The van der Waals surface area contributed by atoms with Gasteiger partial charge in [-0.3, -0.25) is 0 Å². The first-order valence-electron chi connectivity index (χ1n) is 4.32. The largest absolute Gasteiger partial charge is 0.546 e. The number of aryl methyl sites for hydroxylation is 1. The minimum atomic E-state index is -1.05. The second-order valence-corrected chi connectivity index (χ2v) is 3.06. The van der Waals surface area contributed by atoms with Gasteiger partial charge < -0.3 is 9.90 Å². The van der Waals surface area contributed by atoms with Crippen molar-refractivity contribution in [1.82, 2.24) is 4.57 Å². The molecular formula is C9H14N2O2. The summed E-state index contributed by atoms with van der Waals surface area (Å²) in [6.45, 7) is 6.68. The molecule has 0 bridgehead atoms. The van der Waals surface area contributed by atoms with E-state index in [4.69, 9.17) is 0 Å². The highest BCUT2D eigenvalue weighted by Gasteiger charge is 2.14. The Bertz CT molecular complexity index is 329. The first-order valence-corrected chi connectivity index (χ1v) is 4.32. The summed E-state index contributed by atoms with van der Waals surface area (Å²) in [5.74, 6) is -0.106. The number of aromatic nitrogens is 2. The van der Waals surface area contributed by atoms with Crippen LogP contribution in [0.4, 0.5) is 0 Å². The Hall–Kier alpha value is -1.32. The lowest BCUT2D eigenvalue weighted by atomic mass is 10.5. The van der Waals surface area contributed by atoms with Crippen LogP contribution in [0.3, 0.4) is 0 Å². The van der Waals surface area contributed by atoms with Crippen LogP contribution in [0.25, 0.3) is 0 Å². The van der Waals surface area contributed by atoms with Crippen LogP contribution in [-0.4, -0.2) is 10.5 Å². The zero-order valence-electron chi connectivity index (χ0n) is 8.20. The zero-order chi connectivity index (χ0) is 10.0. The van der Waals surface area contributed by atoms with Crippen molar-refractivity contribution in [1.29, 1.82) is 0 Å². The Labute approximate surface area is 77.4 Å². The van der Waals surface area contributed by atoms with Crippen LogP contribution < -0.4 is 9.67 Å². The molecule has 1 aromatic rings. The zero-order valence-corrected chi connectivity index (χ0v) is 8.20. The molecule has 0 aromatic carbocycles. The summed E-state index contributed by atoms with van der Waals surface area (Å²) < 4.78 is 3.75. The number of hydrogen-bond acceptors (Lipinski definition) is 2. The third-order valence-electron chi connectivity index (χ3n) is 2.19. The van der Waals surface area contributed by atoms with Crippen LogP contribution in [-0.2, 0) is 17.9 Å². The van der Waals surface area contributed by atoms with Crippen molar-refractivity contribution in [2.24, 2.45) is 0 Å². The van der Waals surface area contributed by atoms with Crippen molar-refractivity contribution in [2.45, 2.75) is 33.9 Å². The lowest BCUT2D eigenvalue weighted by Gasteiger charge is -1.99. The first kappa shape index (κ1) is 9.77. The Morgan fingerprint density at radius 1 is 1.62 bits per heavy atom. The van der Waals surface area contributed by atoms with Crippen molar-refractivity contribution in [3.05, 3.63) is 17.7 Å². The Kier molecular flexibility index (Phi) is 2.70. The summed E-state index contributed by atoms with van der Waals surface area (Å²) in [6, 6.07) is 0. The molecule has 1 rings (SSSR count). The molecule has 1 aromatic heterocycles. The van der Waals surface area contributed by atoms with E-state index in [9.17, 15) is 9.90 Å². The second-order valence-electron chi connectivity index (χ2n) is 3.06. The number of imidazole rings is 1. The fraction of sp³-hybridized carbons (Fsp3) is 0.556. The molecule has 0 radical (unpaired) electrons. The van der Waals surface area contributed by atoms with Crippen LogP contribution in [0.5, 0.6) is 0 Å². The van der Waals surface area contributed by atoms with Gasteiger partial charge in [0, 0.05) is 13.8 Å². The van der Waals surface area contributed by atoms with Crippen LogP contribution >= 0.6 is 0 Å². The van der Waals surface area contributed by atoms with Gasteiger partial charge in [0.05, 0.1) is 12.5 Å². The average Bonchev–Trinajstić information content (AvgIpc) is 2.26. The molecule has 0 atom stereocenters. The molecule has 0 unspecified atom stereocenters. The van der Waals surface area contributed by atoms with Crippen molar-refractivity contribution in [3.63, 3.8) is 0 Å². The van der Waals surface area contributed by atoms with E-state index in [-0.39, 0.29) is 6.54 Å². The number of carbonyl (C=O) groups excluding carboxylic acids is 1. The van der Waals surface area contributed by atoms with E-state index in [1.165, 1.54) is 0 Å². The average molecular weight is 182 g/mol. The molecular weight excluding hydrogens is 168 g/mol. The lowest BCUT2D eigenvalue weighted by molar-refractivity contribution is -0.696. The topological polar surface area (TPSA) is 48.9 Å². The molecule has 0 aliphatic heterocycles. The van der Waals surface area contributed by atoms with E-state index in [2.05, 4.69) is 4.57 Å². The summed E-state index contributed by atoms with van der Waals surface area (Å²) in [7, 11) is 0. The fourth-order valence-electron chi connectivity index (χ4n) is 1.58. The van der Waals surface area contributed by atoms with Gasteiger partial charge in [-0.2, -0.15) is 0 Å². The quantitative estimate of drug-likeness (QED) is 0.572. The highest BCUT2D eigenvalue weighted by atomic mass is 16.4. The molecule has 0 aliphatic carbocycles. The minimum Gasteiger partial charge on any atom is -0.546 e. The monoisotopic (exact) mass is 182 g/mol. The third kappa shape index (κ3) is 1.88. The van der Waals surface area contributed by atoms with E-state index in [1.54, 1.807) is 4.57 Å². The highest BCUT2D eigenvalue weighted by Crippen LogP contribution is 2.00. The Balaban J connectivity index is 3.03. The van der Waals surface area contributed by atoms with Gasteiger partial charge in [-0.15, -0.1) is 0 Å². The summed E-state index contributed by atoms with van der Waals surface area (Å²) in [6.07, 6.45) is 1.83. The van der Waals surface area contributed by atoms with Gasteiger partial charge in [-0.05, 0) is 6.92 Å². The number of aliphatic carboxylic acids is 1. The smallest absolute Gasteiger partial charge is 0.253 e. The van der Waals surface area contributed by atoms with Crippen molar-refractivity contribution >= 4 is 5.97 Å². The van der Waals surface area contributed by atoms with E-state index in [0.717, 1.165) is 18.1 Å². The predicted octanol–water partition coefficient (Wildman–Crippen LogP) is -0.838. The van der Waals surface area contributed by atoms with Crippen LogP contribution in [0.15, 0.2) is 6.20 Å².